The van der Waals surface area contributed by atoms with Crippen molar-refractivity contribution in [3.05, 3.63) is 29.8 Å². The number of methoxy groups -OCH3 is 1. The topological polar surface area (TPSA) is 35.5 Å². The summed E-state index contributed by atoms with van der Waals surface area (Å²) in [6.07, 6.45) is -2.97. The molecule has 3 nitrogen and oxygen atoms in total. The fourth-order valence-electron chi connectivity index (χ4n) is 1.72. The van der Waals surface area contributed by atoms with Crippen molar-refractivity contribution in [1.82, 2.24) is 0 Å². The van der Waals surface area contributed by atoms with E-state index in [0.29, 0.717) is 12.2 Å². The second kappa shape index (κ2) is 7.17. The van der Waals surface area contributed by atoms with Crippen LogP contribution < -0.4 is 4.74 Å². The first-order chi connectivity index (χ1) is 9.38. The number of hydrogen-bond donors (Lipinski definition) is 0. The average molecular weight is 290 g/mol. The molecule has 0 saturated heterocycles. The Morgan fingerprint density at radius 1 is 1.25 bits per heavy atom. The summed E-state index contributed by atoms with van der Waals surface area (Å²) in [4.78, 5) is 11.5. The number of halogens is 3. The molecule has 0 aliphatic heterocycles. The van der Waals surface area contributed by atoms with Gasteiger partial charge in [-0.3, -0.25) is 4.79 Å². The van der Waals surface area contributed by atoms with Gasteiger partial charge < -0.3 is 9.47 Å². The lowest BCUT2D eigenvalue weighted by Crippen LogP contribution is -2.23. The van der Waals surface area contributed by atoms with Crippen molar-refractivity contribution in [2.75, 3.05) is 13.7 Å². The van der Waals surface area contributed by atoms with Gasteiger partial charge >= 0.3 is 12.1 Å². The molecule has 0 N–H and O–H groups in total. The molecule has 0 heterocycles. The van der Waals surface area contributed by atoms with Crippen LogP contribution in [-0.4, -0.2) is 19.7 Å². The molecule has 0 bridgehead atoms. The van der Waals surface area contributed by atoms with Crippen molar-refractivity contribution in [2.24, 2.45) is 5.92 Å². The van der Waals surface area contributed by atoms with Gasteiger partial charge in [0.15, 0.2) is 0 Å². The molecule has 1 aromatic rings. The third-order valence-corrected chi connectivity index (χ3v) is 2.80. The maximum absolute atomic E-state index is 12.4. The Morgan fingerprint density at radius 2 is 1.85 bits per heavy atom. The summed E-state index contributed by atoms with van der Waals surface area (Å²) < 4.78 is 47.1. The SMILES string of the molecule is CCCC(COc1ccc(C(F)(F)F)cc1)C(=O)OC. The number of ether oxygens (including phenoxy) is 2. The van der Waals surface area contributed by atoms with E-state index in [0.717, 1.165) is 18.6 Å². The Hall–Kier alpha value is -1.72. The average Bonchev–Trinajstić information content (AvgIpc) is 2.42. The van der Waals surface area contributed by atoms with E-state index >= 15 is 0 Å². The molecule has 0 aliphatic carbocycles. The molecule has 0 aromatic heterocycles. The fourth-order valence-corrected chi connectivity index (χ4v) is 1.72. The number of carbonyl (C=O) groups excluding carboxylic acids is 1. The molecule has 112 valence electrons. The highest BCUT2D eigenvalue weighted by molar-refractivity contribution is 5.72. The molecular formula is C14H17F3O3. The van der Waals surface area contributed by atoms with Crippen LogP contribution in [0.5, 0.6) is 5.75 Å². The molecule has 0 amide bonds. The van der Waals surface area contributed by atoms with E-state index in [9.17, 15) is 18.0 Å². The lowest BCUT2D eigenvalue weighted by Gasteiger charge is -2.15. The molecule has 1 aromatic carbocycles. The van der Waals surface area contributed by atoms with Gasteiger partial charge in [0.1, 0.15) is 12.4 Å². The molecule has 1 unspecified atom stereocenters. The lowest BCUT2D eigenvalue weighted by atomic mass is 10.1. The summed E-state index contributed by atoms with van der Waals surface area (Å²) in [6, 6.07) is 4.37. The van der Waals surface area contributed by atoms with Gasteiger partial charge in [0.2, 0.25) is 0 Å². The van der Waals surface area contributed by atoms with Crippen molar-refractivity contribution < 1.29 is 27.4 Å². The second-order valence-corrected chi connectivity index (χ2v) is 4.34. The van der Waals surface area contributed by atoms with Crippen molar-refractivity contribution in [1.29, 1.82) is 0 Å². The van der Waals surface area contributed by atoms with Crippen LogP contribution in [0.15, 0.2) is 24.3 Å². The first-order valence-electron chi connectivity index (χ1n) is 6.26. The van der Waals surface area contributed by atoms with Crippen molar-refractivity contribution in [3.63, 3.8) is 0 Å². The minimum atomic E-state index is -4.37. The Bertz CT molecular complexity index is 426. The van der Waals surface area contributed by atoms with Gasteiger partial charge in [0.25, 0.3) is 0 Å². The zero-order chi connectivity index (χ0) is 15.2. The predicted molar refractivity (Wildman–Crippen MR) is 67.4 cm³/mol. The monoisotopic (exact) mass is 290 g/mol. The molecule has 0 spiro atoms. The normalized spacial score (nSPS) is 12.8. The van der Waals surface area contributed by atoms with E-state index in [-0.39, 0.29) is 12.6 Å². The van der Waals surface area contributed by atoms with E-state index in [1.165, 1.54) is 19.2 Å². The largest absolute Gasteiger partial charge is 0.493 e. The lowest BCUT2D eigenvalue weighted by molar-refractivity contribution is -0.146. The Morgan fingerprint density at radius 3 is 2.30 bits per heavy atom. The standard InChI is InChI=1S/C14H17F3O3/c1-3-4-10(13(18)19-2)9-20-12-7-5-11(6-8-12)14(15,16)17/h5-8,10H,3-4,9H2,1-2H3. The molecular weight excluding hydrogens is 273 g/mol. The number of hydrogen-bond acceptors (Lipinski definition) is 3. The molecule has 0 radical (unpaired) electrons. The Kier molecular flexibility index (Phi) is 5.85. The van der Waals surface area contributed by atoms with Crippen molar-refractivity contribution in [3.8, 4) is 5.75 Å². The summed E-state index contributed by atoms with van der Waals surface area (Å²) in [5.41, 5.74) is -0.733. The van der Waals surface area contributed by atoms with Crippen LogP contribution in [0.2, 0.25) is 0 Å². The van der Waals surface area contributed by atoms with Crippen molar-refractivity contribution in [2.45, 2.75) is 25.9 Å². The Balaban J connectivity index is 2.62. The van der Waals surface area contributed by atoms with Gasteiger partial charge in [-0.1, -0.05) is 13.3 Å². The van der Waals surface area contributed by atoms with Gasteiger partial charge in [-0.25, -0.2) is 0 Å². The zero-order valence-electron chi connectivity index (χ0n) is 11.4. The molecule has 1 rings (SSSR count). The van der Waals surface area contributed by atoms with Gasteiger partial charge in [0, 0.05) is 0 Å². The number of benzene rings is 1. The summed E-state index contributed by atoms with van der Waals surface area (Å²) >= 11 is 0. The quantitative estimate of drug-likeness (QED) is 0.750. The number of rotatable bonds is 6. The zero-order valence-corrected chi connectivity index (χ0v) is 11.4. The maximum Gasteiger partial charge on any atom is 0.416 e. The first-order valence-corrected chi connectivity index (χ1v) is 6.26. The highest BCUT2D eigenvalue weighted by Crippen LogP contribution is 2.30. The maximum atomic E-state index is 12.4. The fraction of sp³-hybridized carbons (Fsp3) is 0.500. The highest BCUT2D eigenvalue weighted by atomic mass is 19.4. The van der Waals surface area contributed by atoms with Gasteiger partial charge in [-0.2, -0.15) is 13.2 Å². The Labute approximate surface area is 115 Å². The van der Waals surface area contributed by atoms with Crippen LogP contribution in [0, 0.1) is 5.92 Å². The minimum Gasteiger partial charge on any atom is -0.493 e. The molecule has 6 heteroatoms. The first kappa shape index (κ1) is 16.3. The van der Waals surface area contributed by atoms with Gasteiger partial charge in [-0.15, -0.1) is 0 Å². The van der Waals surface area contributed by atoms with Crippen LogP contribution in [-0.2, 0) is 15.7 Å². The summed E-state index contributed by atoms with van der Waals surface area (Å²) in [5.74, 6) is -0.492. The summed E-state index contributed by atoms with van der Waals surface area (Å²) in [6.45, 7) is 2.01. The summed E-state index contributed by atoms with van der Waals surface area (Å²) in [5, 5.41) is 0. The van der Waals surface area contributed by atoms with Crippen molar-refractivity contribution >= 4 is 5.97 Å². The van der Waals surface area contributed by atoms with Gasteiger partial charge in [0.05, 0.1) is 18.6 Å². The van der Waals surface area contributed by atoms with E-state index in [2.05, 4.69) is 4.74 Å². The van der Waals surface area contributed by atoms with Crippen LogP contribution in [0.4, 0.5) is 13.2 Å². The number of esters is 1. The van der Waals surface area contributed by atoms with Gasteiger partial charge in [-0.05, 0) is 30.7 Å². The van der Waals surface area contributed by atoms with Crippen LogP contribution >= 0.6 is 0 Å². The molecule has 0 fully saturated rings. The van der Waals surface area contributed by atoms with Crippen LogP contribution in [0.3, 0.4) is 0 Å². The van der Waals surface area contributed by atoms with E-state index in [1.54, 1.807) is 0 Å². The smallest absolute Gasteiger partial charge is 0.416 e. The van der Waals surface area contributed by atoms with E-state index in [1.807, 2.05) is 6.92 Å². The minimum absolute atomic E-state index is 0.0892. The molecule has 1 atom stereocenters. The predicted octanol–water partition coefficient (Wildman–Crippen LogP) is 3.67. The second-order valence-electron chi connectivity index (χ2n) is 4.34. The highest BCUT2D eigenvalue weighted by Gasteiger charge is 2.30. The van der Waals surface area contributed by atoms with Crippen LogP contribution in [0.25, 0.3) is 0 Å². The molecule has 20 heavy (non-hydrogen) atoms. The third-order valence-electron chi connectivity index (χ3n) is 2.80. The summed E-state index contributed by atoms with van der Waals surface area (Å²) in [7, 11) is 1.29. The van der Waals surface area contributed by atoms with Crippen LogP contribution in [0.1, 0.15) is 25.3 Å². The molecule has 0 aliphatic rings. The number of alkyl halides is 3. The number of carbonyl (C=O) groups is 1. The third kappa shape index (κ3) is 4.75. The molecule has 0 saturated carbocycles. The van der Waals surface area contributed by atoms with E-state index in [4.69, 9.17) is 4.74 Å². The van der Waals surface area contributed by atoms with E-state index < -0.39 is 17.7 Å².